The highest BCUT2D eigenvalue weighted by Crippen LogP contribution is 2.15. The third-order valence-corrected chi connectivity index (χ3v) is 4.55. The summed E-state index contributed by atoms with van der Waals surface area (Å²) in [7, 11) is 0. The number of benzene rings is 1. The summed E-state index contributed by atoms with van der Waals surface area (Å²) in [5, 5.41) is 12.2. The van der Waals surface area contributed by atoms with E-state index in [2.05, 4.69) is 45.6 Å². The van der Waals surface area contributed by atoms with Gasteiger partial charge in [-0.1, -0.05) is 12.1 Å². The Morgan fingerprint density at radius 3 is 2.71 bits per heavy atom. The quantitative estimate of drug-likeness (QED) is 0.617. The molecule has 0 unspecified atom stereocenters. The highest BCUT2D eigenvalue weighted by Gasteiger charge is 2.00. The number of aliphatic hydroxyl groups is 1. The van der Waals surface area contributed by atoms with Crippen molar-refractivity contribution in [1.29, 1.82) is 0 Å². The van der Waals surface area contributed by atoms with Gasteiger partial charge in [0.2, 0.25) is 0 Å². The van der Waals surface area contributed by atoms with Crippen molar-refractivity contribution in [1.82, 2.24) is 14.5 Å². The third kappa shape index (κ3) is 4.59. The van der Waals surface area contributed by atoms with E-state index in [1.54, 1.807) is 24.3 Å². The molecule has 0 spiro atoms. The van der Waals surface area contributed by atoms with E-state index < -0.39 is 0 Å². The van der Waals surface area contributed by atoms with Gasteiger partial charge in [-0.3, -0.25) is 0 Å². The summed E-state index contributed by atoms with van der Waals surface area (Å²) >= 11 is 1.72. The topological polar surface area (TPSA) is 63.0 Å². The van der Waals surface area contributed by atoms with Crippen LogP contribution in [0.1, 0.15) is 11.1 Å². The van der Waals surface area contributed by atoms with Gasteiger partial charge < -0.3 is 15.0 Å². The van der Waals surface area contributed by atoms with Crippen molar-refractivity contribution in [2.24, 2.45) is 0 Å². The molecule has 5 nitrogen and oxygen atoms in total. The molecule has 0 saturated heterocycles. The van der Waals surface area contributed by atoms with Crippen molar-refractivity contribution in [3.63, 3.8) is 0 Å². The molecule has 0 saturated carbocycles. The molecular weight excluding hydrogens is 320 g/mol. The fraction of sp³-hybridized carbons (Fsp3) is 0.222. The van der Waals surface area contributed by atoms with Gasteiger partial charge in [-0.25, -0.2) is 9.97 Å². The molecule has 3 aromatic rings. The number of hydrogen-bond donors (Lipinski definition) is 2. The van der Waals surface area contributed by atoms with Gasteiger partial charge in [-0.2, -0.15) is 11.8 Å². The molecule has 0 fully saturated rings. The summed E-state index contributed by atoms with van der Waals surface area (Å²) in [5.74, 6) is 2.52. The lowest BCUT2D eigenvalue weighted by atomic mass is 10.2. The number of aromatic nitrogens is 3. The highest BCUT2D eigenvalue weighted by atomic mass is 32.2. The summed E-state index contributed by atoms with van der Waals surface area (Å²) < 4.78 is 1.98. The van der Waals surface area contributed by atoms with E-state index in [1.165, 1.54) is 11.1 Å². The lowest BCUT2D eigenvalue weighted by Crippen LogP contribution is -2.02. The maximum Gasteiger partial charge on any atom is 0.126 e. The zero-order valence-corrected chi connectivity index (χ0v) is 14.1. The molecule has 124 valence electrons. The normalized spacial score (nSPS) is 10.7. The first kappa shape index (κ1) is 16.5. The minimum Gasteiger partial charge on any atom is -0.396 e. The Morgan fingerprint density at radius 2 is 1.96 bits per heavy atom. The lowest BCUT2D eigenvalue weighted by Gasteiger charge is -2.09. The molecule has 0 amide bonds. The van der Waals surface area contributed by atoms with Crippen LogP contribution in [-0.4, -0.2) is 32.0 Å². The molecular formula is C18H20N4OS. The second-order valence-corrected chi connectivity index (χ2v) is 6.42. The van der Waals surface area contributed by atoms with Crippen molar-refractivity contribution < 1.29 is 5.11 Å². The zero-order valence-electron chi connectivity index (χ0n) is 13.3. The van der Waals surface area contributed by atoms with E-state index >= 15 is 0 Å². The molecule has 2 N–H and O–H groups in total. The predicted molar refractivity (Wildman–Crippen MR) is 98.4 cm³/mol. The van der Waals surface area contributed by atoms with E-state index in [1.807, 2.05) is 23.0 Å². The average molecular weight is 340 g/mol. The van der Waals surface area contributed by atoms with Crippen LogP contribution in [0.5, 0.6) is 0 Å². The van der Waals surface area contributed by atoms with Crippen LogP contribution in [0.15, 0.2) is 61.3 Å². The summed E-state index contributed by atoms with van der Waals surface area (Å²) in [6.07, 6.45) is 7.31. The van der Waals surface area contributed by atoms with Crippen molar-refractivity contribution >= 4 is 17.6 Å². The maximum atomic E-state index is 8.84. The number of anilines is 1. The number of nitrogens with one attached hydrogen (secondary N) is 1. The first-order chi connectivity index (χ1) is 11.8. The summed E-state index contributed by atoms with van der Waals surface area (Å²) in [6.45, 7) is 0.945. The molecule has 0 aliphatic rings. The van der Waals surface area contributed by atoms with Gasteiger partial charge >= 0.3 is 0 Å². The minimum absolute atomic E-state index is 0.218. The van der Waals surface area contributed by atoms with E-state index in [9.17, 15) is 0 Å². The van der Waals surface area contributed by atoms with Crippen molar-refractivity contribution in [2.75, 3.05) is 17.7 Å². The number of rotatable bonds is 8. The molecule has 2 heterocycles. The molecule has 0 radical (unpaired) electrons. The Kier molecular flexibility index (Phi) is 5.87. The number of hydrogen-bond acceptors (Lipinski definition) is 5. The second kappa shape index (κ2) is 8.52. The van der Waals surface area contributed by atoms with Crippen molar-refractivity contribution in [2.45, 2.75) is 12.3 Å². The molecule has 3 rings (SSSR count). The average Bonchev–Trinajstić information content (AvgIpc) is 3.16. The smallest absolute Gasteiger partial charge is 0.126 e. The van der Waals surface area contributed by atoms with Crippen LogP contribution < -0.4 is 5.32 Å². The molecule has 1 aromatic carbocycles. The largest absolute Gasteiger partial charge is 0.396 e. The fourth-order valence-electron chi connectivity index (χ4n) is 2.31. The first-order valence-corrected chi connectivity index (χ1v) is 8.95. The lowest BCUT2D eigenvalue weighted by molar-refractivity contribution is 0.322. The van der Waals surface area contributed by atoms with Crippen molar-refractivity contribution in [3.8, 4) is 5.69 Å². The van der Waals surface area contributed by atoms with Gasteiger partial charge in [-0.15, -0.1) is 0 Å². The van der Waals surface area contributed by atoms with Gasteiger partial charge in [0.15, 0.2) is 0 Å². The van der Waals surface area contributed by atoms with E-state index in [4.69, 9.17) is 5.11 Å². The van der Waals surface area contributed by atoms with Gasteiger partial charge in [0.25, 0.3) is 0 Å². The van der Waals surface area contributed by atoms with Gasteiger partial charge in [0.05, 0.1) is 12.9 Å². The van der Waals surface area contributed by atoms with E-state index in [0.29, 0.717) is 0 Å². The Labute approximate surface area is 145 Å². The van der Waals surface area contributed by atoms with Crippen molar-refractivity contribution in [3.05, 3.63) is 72.4 Å². The van der Waals surface area contributed by atoms with Crippen LogP contribution >= 0.6 is 11.8 Å². The number of nitrogens with zero attached hydrogens (tertiary/aromatic N) is 3. The summed E-state index contributed by atoms with van der Waals surface area (Å²) in [6, 6.07) is 12.4. The second-order valence-electron chi connectivity index (χ2n) is 5.32. The Morgan fingerprint density at radius 1 is 1.08 bits per heavy atom. The minimum atomic E-state index is 0.218. The maximum absolute atomic E-state index is 8.84. The summed E-state index contributed by atoms with van der Waals surface area (Å²) in [5.41, 5.74) is 3.50. The number of imidazole rings is 1. The zero-order chi connectivity index (χ0) is 16.6. The van der Waals surface area contributed by atoms with Crippen LogP contribution in [0.25, 0.3) is 5.69 Å². The molecule has 0 aliphatic heterocycles. The summed E-state index contributed by atoms with van der Waals surface area (Å²) in [4.78, 5) is 8.42. The molecule has 6 heteroatoms. The van der Waals surface area contributed by atoms with E-state index in [-0.39, 0.29) is 6.61 Å². The van der Waals surface area contributed by atoms with Crippen LogP contribution in [0.2, 0.25) is 0 Å². The van der Waals surface area contributed by atoms with E-state index in [0.717, 1.165) is 29.6 Å². The fourth-order valence-corrected chi connectivity index (χ4v) is 2.99. The molecule has 0 aliphatic carbocycles. The monoisotopic (exact) mass is 340 g/mol. The Hall–Kier alpha value is -2.31. The Bertz CT molecular complexity index is 744. The third-order valence-electron chi connectivity index (χ3n) is 3.54. The van der Waals surface area contributed by atoms with Crippen LogP contribution in [0.3, 0.4) is 0 Å². The van der Waals surface area contributed by atoms with Gasteiger partial charge in [-0.05, 0) is 35.4 Å². The molecule has 0 bridgehead atoms. The predicted octanol–water partition coefficient (Wildman–Crippen LogP) is 3.10. The molecule has 0 atom stereocenters. The van der Waals surface area contributed by atoms with Gasteiger partial charge in [0, 0.05) is 42.3 Å². The van der Waals surface area contributed by atoms with Crippen LogP contribution in [-0.2, 0) is 12.3 Å². The Balaban J connectivity index is 1.56. The standard InChI is InChI=1S/C18H20N4OS/c23-9-10-24-13-16-5-6-20-18(11-16)21-12-15-1-3-17(4-2-15)22-8-7-19-14-22/h1-8,11,14,23H,9-10,12-13H2,(H,20,21). The molecule has 2 aromatic heterocycles. The van der Waals surface area contributed by atoms with Gasteiger partial charge in [0.1, 0.15) is 5.82 Å². The highest BCUT2D eigenvalue weighted by molar-refractivity contribution is 7.98. The number of aliphatic hydroxyl groups excluding tert-OH is 1. The molecule has 24 heavy (non-hydrogen) atoms. The number of pyridine rings is 1. The van der Waals surface area contributed by atoms with Crippen LogP contribution in [0, 0.1) is 0 Å². The SMILES string of the molecule is OCCSCc1ccnc(NCc2ccc(-n3ccnc3)cc2)c1. The number of thioether (sulfide) groups is 1. The van der Waals surface area contributed by atoms with Crippen LogP contribution in [0.4, 0.5) is 5.82 Å². The first-order valence-electron chi connectivity index (χ1n) is 7.80.